The Balaban J connectivity index is 1.84. The lowest BCUT2D eigenvalue weighted by Crippen LogP contribution is -2.34. The van der Waals surface area contributed by atoms with Crippen molar-refractivity contribution >= 4 is 31.9 Å². The van der Waals surface area contributed by atoms with Gasteiger partial charge in [0.2, 0.25) is 15.9 Å². The van der Waals surface area contributed by atoms with Crippen LogP contribution in [0.1, 0.15) is 37.7 Å². The third kappa shape index (κ3) is 5.29. The lowest BCUT2D eigenvalue weighted by atomic mass is 10.2. The third-order valence-electron chi connectivity index (χ3n) is 4.01. The summed E-state index contributed by atoms with van der Waals surface area (Å²) in [6.07, 6.45) is 4.34. The summed E-state index contributed by atoms with van der Waals surface area (Å²) in [6.45, 7) is 3.59. The smallest absolute Gasteiger partial charge is 0.240 e. The van der Waals surface area contributed by atoms with E-state index in [2.05, 4.69) is 20.7 Å². The molecular formula is C16H23BrN2O3S. The summed E-state index contributed by atoms with van der Waals surface area (Å²) in [5.74, 6) is 0.189. The van der Waals surface area contributed by atoms with Gasteiger partial charge in [0, 0.05) is 30.5 Å². The van der Waals surface area contributed by atoms with E-state index in [1.54, 1.807) is 18.2 Å². The van der Waals surface area contributed by atoms with Crippen molar-refractivity contribution < 1.29 is 13.2 Å². The van der Waals surface area contributed by atoms with Crippen LogP contribution in [-0.2, 0) is 14.8 Å². The first-order valence-electron chi connectivity index (χ1n) is 7.94. The summed E-state index contributed by atoms with van der Waals surface area (Å²) < 4.78 is 28.0. The van der Waals surface area contributed by atoms with Gasteiger partial charge in [-0.25, -0.2) is 13.1 Å². The highest BCUT2D eigenvalue weighted by atomic mass is 79.9. The minimum absolute atomic E-state index is 0.189. The summed E-state index contributed by atoms with van der Waals surface area (Å²) >= 11 is 3.36. The summed E-state index contributed by atoms with van der Waals surface area (Å²) in [4.78, 5) is 14.0. The van der Waals surface area contributed by atoms with Gasteiger partial charge in [0.15, 0.2) is 0 Å². The Bertz CT molecular complexity index is 661. The molecule has 0 radical (unpaired) electrons. The van der Waals surface area contributed by atoms with E-state index >= 15 is 0 Å². The van der Waals surface area contributed by atoms with Crippen LogP contribution < -0.4 is 4.72 Å². The van der Waals surface area contributed by atoms with Crippen molar-refractivity contribution in [2.75, 3.05) is 19.6 Å². The van der Waals surface area contributed by atoms with Gasteiger partial charge >= 0.3 is 0 Å². The molecule has 1 N–H and O–H groups in total. The van der Waals surface area contributed by atoms with Gasteiger partial charge in [-0.2, -0.15) is 0 Å². The highest BCUT2D eigenvalue weighted by Gasteiger charge is 2.17. The van der Waals surface area contributed by atoms with Crippen molar-refractivity contribution in [2.45, 2.75) is 43.9 Å². The Labute approximate surface area is 146 Å². The van der Waals surface area contributed by atoms with Crippen LogP contribution in [0.3, 0.4) is 0 Å². The summed E-state index contributed by atoms with van der Waals surface area (Å²) in [7, 11) is -3.50. The maximum Gasteiger partial charge on any atom is 0.240 e. The number of hydrogen-bond acceptors (Lipinski definition) is 3. The van der Waals surface area contributed by atoms with Gasteiger partial charge in [-0.05, 0) is 49.9 Å². The molecule has 7 heteroatoms. The molecule has 0 saturated carbocycles. The number of carbonyl (C=O) groups is 1. The fraction of sp³-hybridized carbons (Fsp3) is 0.562. The number of rotatable bonds is 6. The fourth-order valence-electron chi connectivity index (χ4n) is 2.62. The van der Waals surface area contributed by atoms with Crippen LogP contribution in [0.2, 0.25) is 0 Å². The minimum Gasteiger partial charge on any atom is -0.343 e. The van der Waals surface area contributed by atoms with Gasteiger partial charge in [0.25, 0.3) is 0 Å². The molecule has 2 rings (SSSR count). The number of nitrogens with one attached hydrogen (secondary N) is 1. The average molecular weight is 403 g/mol. The molecule has 0 spiro atoms. The second-order valence-electron chi connectivity index (χ2n) is 5.85. The molecular weight excluding hydrogens is 380 g/mol. The highest BCUT2D eigenvalue weighted by molar-refractivity contribution is 9.10. The van der Waals surface area contributed by atoms with E-state index in [0.29, 0.717) is 25.9 Å². The molecule has 0 bridgehead atoms. The summed E-state index contributed by atoms with van der Waals surface area (Å²) in [5.41, 5.74) is 0.878. The number of sulfonamides is 1. The topological polar surface area (TPSA) is 66.5 Å². The molecule has 128 valence electrons. The zero-order chi connectivity index (χ0) is 16.9. The molecule has 1 aliphatic heterocycles. The Morgan fingerprint density at radius 2 is 2.04 bits per heavy atom. The molecule has 23 heavy (non-hydrogen) atoms. The van der Waals surface area contributed by atoms with Gasteiger partial charge in [0.05, 0.1) is 4.90 Å². The average Bonchev–Trinajstić information content (AvgIpc) is 2.71. The van der Waals surface area contributed by atoms with Crippen LogP contribution in [0.4, 0.5) is 0 Å². The van der Waals surface area contributed by atoms with Gasteiger partial charge in [0.1, 0.15) is 0 Å². The SMILES string of the molecule is Cc1cc(S(=O)(=O)NCCCN2CCCCCC2=O)ccc1Br. The first kappa shape index (κ1) is 18.4. The molecule has 0 aliphatic carbocycles. The fourth-order valence-corrected chi connectivity index (χ4v) is 4.02. The third-order valence-corrected chi connectivity index (χ3v) is 6.36. The Kier molecular flexibility index (Phi) is 6.61. The molecule has 1 fully saturated rings. The number of halogens is 1. The van der Waals surface area contributed by atoms with Gasteiger partial charge in [-0.3, -0.25) is 4.79 Å². The molecule has 0 atom stereocenters. The van der Waals surface area contributed by atoms with Crippen LogP contribution in [-0.4, -0.2) is 38.9 Å². The first-order valence-corrected chi connectivity index (χ1v) is 10.2. The van der Waals surface area contributed by atoms with Gasteiger partial charge < -0.3 is 4.90 Å². The second-order valence-corrected chi connectivity index (χ2v) is 8.48. The predicted molar refractivity (Wildman–Crippen MR) is 93.7 cm³/mol. The monoisotopic (exact) mass is 402 g/mol. The normalized spacial score (nSPS) is 16.4. The largest absolute Gasteiger partial charge is 0.343 e. The second kappa shape index (κ2) is 8.26. The van der Waals surface area contributed by atoms with Crippen molar-refractivity contribution in [3.63, 3.8) is 0 Å². The van der Waals surface area contributed by atoms with Crippen LogP contribution in [0.5, 0.6) is 0 Å². The number of carbonyl (C=O) groups excluding carboxylic acids is 1. The molecule has 5 nitrogen and oxygen atoms in total. The minimum atomic E-state index is -3.50. The zero-order valence-electron chi connectivity index (χ0n) is 13.3. The summed E-state index contributed by atoms with van der Waals surface area (Å²) in [6, 6.07) is 4.96. The van der Waals surface area contributed by atoms with E-state index in [9.17, 15) is 13.2 Å². The van der Waals surface area contributed by atoms with E-state index in [4.69, 9.17) is 0 Å². The number of benzene rings is 1. The Morgan fingerprint density at radius 1 is 1.26 bits per heavy atom. The Hall–Kier alpha value is -0.920. The van der Waals surface area contributed by atoms with Crippen molar-refractivity contribution in [3.05, 3.63) is 28.2 Å². The summed E-state index contributed by atoms with van der Waals surface area (Å²) in [5, 5.41) is 0. The molecule has 1 aliphatic rings. The van der Waals surface area contributed by atoms with Crippen molar-refractivity contribution in [2.24, 2.45) is 0 Å². The number of amides is 1. The lowest BCUT2D eigenvalue weighted by Gasteiger charge is -2.20. The predicted octanol–water partition coefficient (Wildman–Crippen LogP) is 2.83. The van der Waals surface area contributed by atoms with E-state index in [1.165, 1.54) is 0 Å². The van der Waals surface area contributed by atoms with Gasteiger partial charge in [-0.15, -0.1) is 0 Å². The van der Waals surface area contributed by atoms with Crippen molar-refractivity contribution in [1.29, 1.82) is 0 Å². The first-order chi connectivity index (χ1) is 10.9. The maximum absolute atomic E-state index is 12.3. The quantitative estimate of drug-likeness (QED) is 0.743. The maximum atomic E-state index is 12.3. The van der Waals surface area contributed by atoms with Crippen LogP contribution in [0, 0.1) is 6.92 Å². The molecule has 0 unspecified atom stereocenters. The molecule has 1 aromatic carbocycles. The van der Waals surface area contributed by atoms with Crippen LogP contribution in [0.25, 0.3) is 0 Å². The van der Waals surface area contributed by atoms with Crippen LogP contribution in [0.15, 0.2) is 27.6 Å². The van der Waals surface area contributed by atoms with Crippen molar-refractivity contribution in [1.82, 2.24) is 9.62 Å². The lowest BCUT2D eigenvalue weighted by molar-refractivity contribution is -0.130. The number of nitrogens with zero attached hydrogens (tertiary/aromatic N) is 1. The van der Waals surface area contributed by atoms with Crippen LogP contribution >= 0.6 is 15.9 Å². The van der Waals surface area contributed by atoms with E-state index in [-0.39, 0.29) is 10.8 Å². The molecule has 1 saturated heterocycles. The van der Waals surface area contributed by atoms with Gasteiger partial charge in [-0.1, -0.05) is 22.4 Å². The molecule has 0 aromatic heterocycles. The van der Waals surface area contributed by atoms with Crippen molar-refractivity contribution in [3.8, 4) is 0 Å². The number of aryl methyl sites for hydroxylation is 1. The standard InChI is InChI=1S/C16H23BrN2O3S/c1-13-12-14(7-8-15(13)17)23(21,22)18-9-5-11-19-10-4-2-3-6-16(19)20/h7-8,12,18H,2-6,9-11H2,1H3. The van der Waals surface area contributed by atoms with E-state index in [0.717, 1.165) is 35.8 Å². The number of hydrogen-bond donors (Lipinski definition) is 1. The zero-order valence-corrected chi connectivity index (χ0v) is 15.7. The number of likely N-dealkylation sites (tertiary alicyclic amines) is 1. The molecule has 1 aromatic rings. The highest BCUT2D eigenvalue weighted by Crippen LogP contribution is 2.20. The van der Waals surface area contributed by atoms with E-state index < -0.39 is 10.0 Å². The Morgan fingerprint density at radius 3 is 2.78 bits per heavy atom. The molecule has 1 heterocycles. The van der Waals surface area contributed by atoms with E-state index in [1.807, 2.05) is 11.8 Å². The molecule has 1 amide bonds.